The molecule has 0 bridgehead atoms. The van der Waals surface area contributed by atoms with Crippen molar-refractivity contribution >= 4 is 23.4 Å². The van der Waals surface area contributed by atoms with Crippen LogP contribution in [-0.2, 0) is 10.2 Å². The third-order valence-electron chi connectivity index (χ3n) is 4.24. The third-order valence-corrected chi connectivity index (χ3v) is 5.17. The van der Waals surface area contributed by atoms with Crippen LogP contribution in [0.4, 0.5) is 14.5 Å². The molecule has 29 heavy (non-hydrogen) atoms. The molecule has 2 aromatic carbocycles. The second kappa shape index (κ2) is 8.32. The molecule has 0 radical (unpaired) electrons. The van der Waals surface area contributed by atoms with E-state index >= 15 is 0 Å². The number of nitrogens with zero attached hydrogens (tertiary/aromatic N) is 2. The SMILES string of the molecule is C[C@H](Sc1nnc(-c2ccc(C(C)(C)C)cc2)o1)C(=O)Nc1ccc(F)cc1F. The average molecular weight is 417 g/mol. The third kappa shape index (κ3) is 5.20. The first-order valence-corrected chi connectivity index (χ1v) is 9.88. The smallest absolute Gasteiger partial charge is 0.277 e. The summed E-state index contributed by atoms with van der Waals surface area (Å²) in [5, 5.41) is 10.0. The van der Waals surface area contributed by atoms with Crippen LogP contribution in [0.15, 0.2) is 52.1 Å². The summed E-state index contributed by atoms with van der Waals surface area (Å²) in [6.07, 6.45) is 0. The highest BCUT2D eigenvalue weighted by Crippen LogP contribution is 2.29. The van der Waals surface area contributed by atoms with E-state index in [1.54, 1.807) is 6.92 Å². The lowest BCUT2D eigenvalue weighted by Crippen LogP contribution is -2.23. The van der Waals surface area contributed by atoms with Crippen molar-refractivity contribution in [3.8, 4) is 11.5 Å². The monoisotopic (exact) mass is 417 g/mol. The summed E-state index contributed by atoms with van der Waals surface area (Å²) in [6, 6.07) is 10.8. The quantitative estimate of drug-likeness (QED) is 0.561. The molecular weight excluding hydrogens is 396 g/mol. The summed E-state index contributed by atoms with van der Waals surface area (Å²) in [5.41, 5.74) is 1.92. The van der Waals surface area contributed by atoms with Crippen LogP contribution in [0.1, 0.15) is 33.3 Å². The normalized spacial score (nSPS) is 12.6. The standard InChI is InChI=1S/C21H21F2N3O2S/c1-12(18(27)24-17-10-9-15(22)11-16(17)23)29-20-26-25-19(28-20)13-5-7-14(8-6-13)21(2,3)4/h5-12H,1-4H3,(H,24,27)/t12-/m0/s1. The topological polar surface area (TPSA) is 68.0 Å². The summed E-state index contributed by atoms with van der Waals surface area (Å²) in [6.45, 7) is 8.03. The molecule has 3 rings (SSSR count). The zero-order valence-electron chi connectivity index (χ0n) is 16.5. The molecule has 8 heteroatoms. The minimum Gasteiger partial charge on any atom is -0.411 e. The van der Waals surface area contributed by atoms with E-state index in [9.17, 15) is 13.6 Å². The van der Waals surface area contributed by atoms with Crippen LogP contribution in [0.3, 0.4) is 0 Å². The molecule has 0 saturated carbocycles. The number of halogens is 2. The minimum atomic E-state index is -0.839. The Morgan fingerprint density at radius 2 is 1.79 bits per heavy atom. The highest BCUT2D eigenvalue weighted by Gasteiger charge is 2.20. The maximum Gasteiger partial charge on any atom is 0.277 e. The second-order valence-corrected chi connectivity index (χ2v) is 8.87. The van der Waals surface area contributed by atoms with Crippen molar-refractivity contribution in [1.29, 1.82) is 0 Å². The van der Waals surface area contributed by atoms with Gasteiger partial charge in [0.1, 0.15) is 11.6 Å². The van der Waals surface area contributed by atoms with Crippen molar-refractivity contribution in [2.75, 3.05) is 5.32 Å². The van der Waals surface area contributed by atoms with Crippen LogP contribution < -0.4 is 5.32 Å². The molecule has 5 nitrogen and oxygen atoms in total. The predicted octanol–water partition coefficient (Wildman–Crippen LogP) is 5.43. The van der Waals surface area contributed by atoms with E-state index in [1.807, 2.05) is 24.3 Å². The van der Waals surface area contributed by atoms with Gasteiger partial charge in [0.25, 0.3) is 5.22 Å². The number of benzene rings is 2. The van der Waals surface area contributed by atoms with Gasteiger partial charge in [0, 0.05) is 11.6 Å². The lowest BCUT2D eigenvalue weighted by molar-refractivity contribution is -0.115. The van der Waals surface area contributed by atoms with Gasteiger partial charge in [-0.25, -0.2) is 8.78 Å². The summed E-state index contributed by atoms with van der Waals surface area (Å²) >= 11 is 1.05. The number of aromatic nitrogens is 2. The van der Waals surface area contributed by atoms with Gasteiger partial charge in [-0.3, -0.25) is 4.79 Å². The van der Waals surface area contributed by atoms with E-state index < -0.39 is 22.8 Å². The van der Waals surface area contributed by atoms with Gasteiger partial charge >= 0.3 is 0 Å². The van der Waals surface area contributed by atoms with E-state index in [-0.39, 0.29) is 16.3 Å². The Bertz CT molecular complexity index is 1010. The summed E-state index contributed by atoms with van der Waals surface area (Å²) in [7, 11) is 0. The molecule has 0 spiro atoms. The number of thioether (sulfide) groups is 1. The van der Waals surface area contributed by atoms with Crippen LogP contribution in [0, 0.1) is 11.6 Å². The zero-order chi connectivity index (χ0) is 21.2. The molecule has 1 amide bonds. The molecule has 0 saturated heterocycles. The molecule has 0 fully saturated rings. The molecule has 1 atom stereocenters. The molecule has 0 aliphatic heterocycles. The largest absolute Gasteiger partial charge is 0.411 e. The molecule has 1 N–H and O–H groups in total. The molecule has 1 aromatic heterocycles. The van der Waals surface area contributed by atoms with Gasteiger partial charge < -0.3 is 9.73 Å². The Morgan fingerprint density at radius 3 is 2.41 bits per heavy atom. The van der Waals surface area contributed by atoms with Crippen molar-refractivity contribution in [1.82, 2.24) is 10.2 Å². The fourth-order valence-corrected chi connectivity index (χ4v) is 3.20. The van der Waals surface area contributed by atoms with Gasteiger partial charge in [0.15, 0.2) is 0 Å². The Kier molecular flexibility index (Phi) is 6.02. The minimum absolute atomic E-state index is 0.0428. The van der Waals surface area contributed by atoms with Gasteiger partial charge in [0.05, 0.1) is 10.9 Å². The van der Waals surface area contributed by atoms with Crippen LogP contribution in [0.5, 0.6) is 0 Å². The zero-order valence-corrected chi connectivity index (χ0v) is 17.3. The molecule has 0 unspecified atom stereocenters. The van der Waals surface area contributed by atoms with Crippen molar-refractivity contribution in [2.24, 2.45) is 0 Å². The maximum atomic E-state index is 13.7. The van der Waals surface area contributed by atoms with Crippen molar-refractivity contribution in [3.05, 3.63) is 59.7 Å². The fraction of sp³-hybridized carbons (Fsp3) is 0.286. The second-order valence-electron chi connectivity index (χ2n) is 7.57. The van der Waals surface area contributed by atoms with Crippen molar-refractivity contribution in [3.63, 3.8) is 0 Å². The van der Waals surface area contributed by atoms with Crippen LogP contribution >= 0.6 is 11.8 Å². The highest BCUT2D eigenvalue weighted by molar-refractivity contribution is 8.00. The summed E-state index contributed by atoms with van der Waals surface area (Å²) in [4.78, 5) is 12.3. The molecule has 3 aromatic rings. The Balaban J connectivity index is 1.65. The number of nitrogens with one attached hydrogen (secondary N) is 1. The lowest BCUT2D eigenvalue weighted by atomic mass is 9.87. The fourth-order valence-electron chi connectivity index (χ4n) is 2.52. The molecular formula is C21H21F2N3O2S. The van der Waals surface area contributed by atoms with Gasteiger partial charge in [-0.1, -0.05) is 44.7 Å². The first-order valence-electron chi connectivity index (χ1n) is 9.00. The molecule has 0 aliphatic carbocycles. The maximum absolute atomic E-state index is 13.7. The molecule has 0 aliphatic rings. The van der Waals surface area contributed by atoms with Crippen LogP contribution in [0.2, 0.25) is 0 Å². The Labute approximate surface area is 171 Å². The first-order chi connectivity index (χ1) is 13.6. The van der Waals surface area contributed by atoms with Gasteiger partial charge in [-0.15, -0.1) is 10.2 Å². The van der Waals surface area contributed by atoms with Gasteiger partial charge in [-0.2, -0.15) is 0 Å². The van der Waals surface area contributed by atoms with Crippen molar-refractivity contribution < 1.29 is 18.0 Å². The number of hydrogen-bond donors (Lipinski definition) is 1. The summed E-state index contributed by atoms with van der Waals surface area (Å²) < 4.78 is 32.3. The van der Waals surface area contributed by atoms with E-state index in [0.717, 1.165) is 23.4 Å². The number of carbonyl (C=O) groups excluding carboxylic acids is 1. The van der Waals surface area contributed by atoms with Gasteiger partial charge in [-0.05, 0) is 42.2 Å². The number of carbonyl (C=O) groups is 1. The number of anilines is 1. The highest BCUT2D eigenvalue weighted by atomic mass is 32.2. The Hall–Kier alpha value is -2.74. The van der Waals surface area contributed by atoms with E-state index in [4.69, 9.17) is 4.42 Å². The van der Waals surface area contributed by atoms with Crippen molar-refractivity contribution in [2.45, 2.75) is 43.6 Å². The number of amides is 1. The number of hydrogen-bond acceptors (Lipinski definition) is 5. The van der Waals surface area contributed by atoms with E-state index in [2.05, 4.69) is 36.3 Å². The predicted molar refractivity (Wildman–Crippen MR) is 109 cm³/mol. The Morgan fingerprint density at radius 1 is 1.10 bits per heavy atom. The molecule has 1 heterocycles. The van der Waals surface area contributed by atoms with Crippen LogP contribution in [0.25, 0.3) is 11.5 Å². The van der Waals surface area contributed by atoms with E-state index in [0.29, 0.717) is 12.0 Å². The van der Waals surface area contributed by atoms with E-state index in [1.165, 1.54) is 11.6 Å². The number of rotatable bonds is 5. The summed E-state index contributed by atoms with van der Waals surface area (Å²) in [5.74, 6) is -1.66. The van der Waals surface area contributed by atoms with Gasteiger partial charge in [0.2, 0.25) is 11.8 Å². The lowest BCUT2D eigenvalue weighted by Gasteiger charge is -2.18. The first kappa shape index (κ1) is 21.0. The molecule has 152 valence electrons. The van der Waals surface area contributed by atoms with Crippen LogP contribution in [-0.4, -0.2) is 21.4 Å². The average Bonchev–Trinajstić information content (AvgIpc) is 3.12.